The van der Waals surface area contributed by atoms with Crippen molar-refractivity contribution in [2.45, 2.75) is 57.4 Å². The molecule has 0 saturated carbocycles. The summed E-state index contributed by atoms with van der Waals surface area (Å²) in [6.07, 6.45) is 3.09. The molecular weight excluding hydrogens is 260 g/mol. The van der Waals surface area contributed by atoms with Crippen LogP contribution in [-0.4, -0.2) is 46.3 Å². The van der Waals surface area contributed by atoms with Gasteiger partial charge in [0, 0.05) is 11.8 Å². The molecule has 3 unspecified atom stereocenters. The smallest absolute Gasteiger partial charge is 0.246 e. The van der Waals surface area contributed by atoms with Crippen molar-refractivity contribution in [3.05, 3.63) is 0 Å². The van der Waals surface area contributed by atoms with Gasteiger partial charge in [0.15, 0.2) is 0 Å². The fourth-order valence-corrected chi connectivity index (χ4v) is 4.13. The van der Waals surface area contributed by atoms with E-state index in [1.54, 1.807) is 0 Å². The molecule has 2 rings (SSSR count). The van der Waals surface area contributed by atoms with Crippen molar-refractivity contribution < 1.29 is 9.59 Å². The second-order valence-electron chi connectivity index (χ2n) is 5.78. The highest BCUT2D eigenvalue weighted by atomic mass is 32.2. The van der Waals surface area contributed by atoms with Crippen molar-refractivity contribution in [3.63, 3.8) is 0 Å². The molecule has 3 atom stereocenters. The number of carbonyl (C=O) groups excluding carboxylic acids is 2. The van der Waals surface area contributed by atoms with E-state index in [4.69, 9.17) is 0 Å². The summed E-state index contributed by atoms with van der Waals surface area (Å²) in [5.74, 6) is 1.45. The normalized spacial score (nSPS) is 32.0. The minimum absolute atomic E-state index is 0.0174. The molecule has 19 heavy (non-hydrogen) atoms. The third kappa shape index (κ3) is 3.07. The van der Waals surface area contributed by atoms with Gasteiger partial charge in [-0.2, -0.15) is 11.8 Å². The van der Waals surface area contributed by atoms with E-state index in [1.807, 2.05) is 37.4 Å². The van der Waals surface area contributed by atoms with Crippen LogP contribution >= 0.6 is 11.8 Å². The van der Waals surface area contributed by atoms with E-state index in [0.717, 1.165) is 6.54 Å². The number of thioether (sulfide) groups is 1. The molecule has 2 aliphatic heterocycles. The van der Waals surface area contributed by atoms with Gasteiger partial charge in [-0.05, 0) is 30.9 Å². The Labute approximate surface area is 119 Å². The first-order chi connectivity index (χ1) is 9.04. The lowest BCUT2D eigenvalue weighted by atomic mass is 9.96. The lowest BCUT2D eigenvalue weighted by Crippen LogP contribution is -2.65. The third-order valence-corrected chi connectivity index (χ3v) is 5.38. The maximum atomic E-state index is 12.6. The van der Waals surface area contributed by atoms with Crippen LogP contribution in [0.2, 0.25) is 0 Å². The fraction of sp³-hybridized carbons (Fsp3) is 0.857. The molecular formula is C14H24N2O2S. The number of amides is 2. The Morgan fingerprint density at radius 1 is 1.42 bits per heavy atom. The zero-order chi connectivity index (χ0) is 14.0. The van der Waals surface area contributed by atoms with Gasteiger partial charge in [-0.1, -0.05) is 20.8 Å². The van der Waals surface area contributed by atoms with Crippen LogP contribution in [0.3, 0.4) is 0 Å². The largest absolute Gasteiger partial charge is 0.342 e. The minimum atomic E-state index is -0.346. The molecule has 2 amide bonds. The van der Waals surface area contributed by atoms with Crippen LogP contribution < -0.4 is 5.32 Å². The molecule has 2 saturated heterocycles. The summed E-state index contributed by atoms with van der Waals surface area (Å²) in [5, 5.41) is 3.40. The summed E-state index contributed by atoms with van der Waals surface area (Å²) >= 11 is 1.94. The molecule has 0 radical (unpaired) electrons. The first-order valence-corrected chi connectivity index (χ1v) is 8.32. The van der Waals surface area contributed by atoms with Gasteiger partial charge in [0.25, 0.3) is 0 Å². The van der Waals surface area contributed by atoms with Crippen LogP contribution in [0, 0.1) is 5.92 Å². The molecule has 2 heterocycles. The van der Waals surface area contributed by atoms with Gasteiger partial charge in [0.2, 0.25) is 11.8 Å². The van der Waals surface area contributed by atoms with Crippen LogP contribution in [0.4, 0.5) is 0 Å². The monoisotopic (exact) mass is 284 g/mol. The Hall–Kier alpha value is -0.710. The highest BCUT2D eigenvalue weighted by Crippen LogP contribution is 2.29. The Kier molecular flexibility index (Phi) is 4.76. The molecule has 0 spiro atoms. The topological polar surface area (TPSA) is 49.4 Å². The van der Waals surface area contributed by atoms with Crippen molar-refractivity contribution in [2.24, 2.45) is 5.92 Å². The average molecular weight is 284 g/mol. The summed E-state index contributed by atoms with van der Waals surface area (Å²) in [6, 6.07) is -0.620. The number of rotatable bonds is 4. The minimum Gasteiger partial charge on any atom is -0.342 e. The fourth-order valence-electron chi connectivity index (χ4n) is 2.87. The van der Waals surface area contributed by atoms with Crippen molar-refractivity contribution in [3.8, 4) is 0 Å². The molecule has 1 N–H and O–H groups in total. The first-order valence-electron chi connectivity index (χ1n) is 7.27. The molecule has 0 aromatic rings. The number of carbonyl (C=O) groups is 2. The van der Waals surface area contributed by atoms with Gasteiger partial charge in [-0.25, -0.2) is 0 Å². The predicted molar refractivity (Wildman–Crippen MR) is 78.0 cm³/mol. The van der Waals surface area contributed by atoms with E-state index in [9.17, 15) is 9.59 Å². The van der Waals surface area contributed by atoms with Crippen LogP contribution in [0.1, 0.15) is 40.0 Å². The average Bonchev–Trinajstić information content (AvgIpc) is 2.86. The Balaban J connectivity index is 2.13. The quantitative estimate of drug-likeness (QED) is 0.854. The molecule has 108 valence electrons. The van der Waals surface area contributed by atoms with Crippen LogP contribution in [-0.2, 0) is 9.59 Å². The van der Waals surface area contributed by atoms with Gasteiger partial charge in [-0.15, -0.1) is 0 Å². The van der Waals surface area contributed by atoms with E-state index < -0.39 is 0 Å². The zero-order valence-electron chi connectivity index (χ0n) is 12.0. The van der Waals surface area contributed by atoms with Gasteiger partial charge in [0.05, 0.1) is 0 Å². The van der Waals surface area contributed by atoms with Crippen molar-refractivity contribution in [1.29, 1.82) is 0 Å². The Bertz CT molecular complexity index is 353. The maximum absolute atomic E-state index is 12.6. The van der Waals surface area contributed by atoms with E-state index in [0.29, 0.717) is 11.7 Å². The van der Waals surface area contributed by atoms with Gasteiger partial charge in [-0.3, -0.25) is 9.59 Å². The molecule has 0 aromatic heterocycles. The second kappa shape index (κ2) is 6.16. The van der Waals surface area contributed by atoms with Crippen LogP contribution in [0.5, 0.6) is 0 Å². The molecule has 0 aromatic carbocycles. The van der Waals surface area contributed by atoms with Gasteiger partial charge >= 0.3 is 0 Å². The summed E-state index contributed by atoms with van der Waals surface area (Å²) in [7, 11) is 0. The molecule has 5 heteroatoms. The number of nitrogens with zero attached hydrogens (tertiary/aromatic N) is 1. The van der Waals surface area contributed by atoms with E-state index in [1.165, 1.54) is 18.6 Å². The molecule has 0 aliphatic carbocycles. The summed E-state index contributed by atoms with van der Waals surface area (Å²) < 4.78 is 0. The van der Waals surface area contributed by atoms with E-state index in [-0.39, 0.29) is 29.8 Å². The van der Waals surface area contributed by atoms with Crippen molar-refractivity contribution >= 4 is 23.6 Å². The van der Waals surface area contributed by atoms with Gasteiger partial charge < -0.3 is 10.2 Å². The Morgan fingerprint density at radius 2 is 2.16 bits per heavy atom. The summed E-state index contributed by atoms with van der Waals surface area (Å²) in [6.45, 7) is 6.68. The standard InChI is InChI=1S/C14H24N2O2S/c1-4-11-13(17)15-12(9(2)3)14(18)16(11)8-10-6-5-7-19-10/h9-12H,4-8H2,1-3H3,(H,15,17). The highest BCUT2D eigenvalue weighted by Gasteiger charge is 2.41. The Morgan fingerprint density at radius 3 is 2.68 bits per heavy atom. The number of nitrogens with one attached hydrogen (secondary N) is 1. The second-order valence-corrected chi connectivity index (χ2v) is 7.19. The van der Waals surface area contributed by atoms with Gasteiger partial charge in [0.1, 0.15) is 12.1 Å². The number of hydrogen-bond acceptors (Lipinski definition) is 3. The lowest BCUT2D eigenvalue weighted by molar-refractivity contribution is -0.150. The predicted octanol–water partition coefficient (Wildman–Crippen LogP) is 1.64. The SMILES string of the molecule is CCC1C(=O)NC(C(C)C)C(=O)N1CC1CCCS1. The maximum Gasteiger partial charge on any atom is 0.246 e. The van der Waals surface area contributed by atoms with E-state index >= 15 is 0 Å². The summed E-state index contributed by atoms with van der Waals surface area (Å²) in [5.41, 5.74) is 0. The highest BCUT2D eigenvalue weighted by molar-refractivity contribution is 8.00. The summed E-state index contributed by atoms with van der Waals surface area (Å²) in [4.78, 5) is 26.6. The molecule has 2 fully saturated rings. The number of piperazine rings is 1. The van der Waals surface area contributed by atoms with Crippen LogP contribution in [0.15, 0.2) is 0 Å². The molecule has 2 aliphatic rings. The van der Waals surface area contributed by atoms with E-state index in [2.05, 4.69) is 5.32 Å². The molecule has 0 bridgehead atoms. The number of hydrogen-bond donors (Lipinski definition) is 1. The zero-order valence-corrected chi connectivity index (χ0v) is 12.8. The van der Waals surface area contributed by atoms with Crippen molar-refractivity contribution in [1.82, 2.24) is 10.2 Å². The third-order valence-electron chi connectivity index (χ3n) is 4.00. The lowest BCUT2D eigenvalue weighted by Gasteiger charge is -2.41. The van der Waals surface area contributed by atoms with Crippen molar-refractivity contribution in [2.75, 3.05) is 12.3 Å². The molecule has 4 nitrogen and oxygen atoms in total. The van der Waals surface area contributed by atoms with Crippen LogP contribution in [0.25, 0.3) is 0 Å². The first kappa shape index (κ1) is 14.7.